The maximum absolute atomic E-state index is 10.0. The first-order valence-corrected chi connectivity index (χ1v) is 5.56. The number of carbonyl (C=O) groups excluding carboxylic acids is 1. The maximum atomic E-state index is 10.0. The van der Waals surface area contributed by atoms with Crippen LogP contribution in [-0.4, -0.2) is 38.4 Å². The van der Waals surface area contributed by atoms with E-state index in [1.54, 1.807) is 12.1 Å². The van der Waals surface area contributed by atoms with E-state index in [1.165, 1.54) is 14.1 Å². The van der Waals surface area contributed by atoms with Crippen LogP contribution in [0.25, 0.3) is 0 Å². The van der Waals surface area contributed by atoms with Gasteiger partial charge >= 0.3 is 10.4 Å². The minimum Gasteiger partial charge on any atom is -0.298 e. The molecular formula is C9H13NO5S. The second kappa shape index (κ2) is 7.07. The molecule has 1 aromatic rings. The Hall–Kier alpha value is -1.28. The van der Waals surface area contributed by atoms with Crippen LogP contribution in [0.15, 0.2) is 30.3 Å². The SMILES string of the molecule is CN(C)OS(=O)(=O)O.O=Cc1ccccc1. The molecule has 0 saturated heterocycles. The monoisotopic (exact) mass is 247 g/mol. The molecule has 0 fully saturated rings. The smallest absolute Gasteiger partial charge is 0.298 e. The highest BCUT2D eigenvalue weighted by Crippen LogP contribution is 1.91. The summed E-state index contributed by atoms with van der Waals surface area (Å²) in [5.41, 5.74) is 0.729. The molecule has 1 rings (SSSR count). The summed E-state index contributed by atoms with van der Waals surface area (Å²) in [5.74, 6) is 0. The predicted molar refractivity (Wildman–Crippen MR) is 58.2 cm³/mol. The van der Waals surface area contributed by atoms with E-state index in [4.69, 9.17) is 4.55 Å². The second-order valence-corrected chi connectivity index (χ2v) is 3.85. The standard InChI is InChI=1S/C7H6O.C2H7NO4S/c8-6-7-4-2-1-3-5-7;1-3(2)7-8(4,5)6/h1-6H;1-2H3,(H,4,5,6). The quantitative estimate of drug-likeness (QED) is 0.483. The number of nitrogens with zero attached hydrogens (tertiary/aromatic N) is 1. The van der Waals surface area contributed by atoms with Crippen LogP contribution in [0, 0.1) is 0 Å². The molecule has 0 aromatic heterocycles. The zero-order valence-electron chi connectivity index (χ0n) is 8.90. The highest BCUT2D eigenvalue weighted by atomic mass is 32.3. The summed E-state index contributed by atoms with van der Waals surface area (Å²) in [5, 5.41) is 0.870. The molecule has 0 aliphatic heterocycles. The Balaban J connectivity index is 0.000000281. The van der Waals surface area contributed by atoms with Gasteiger partial charge in [-0.1, -0.05) is 30.3 Å². The van der Waals surface area contributed by atoms with Crippen molar-refractivity contribution in [3.8, 4) is 0 Å². The van der Waals surface area contributed by atoms with E-state index in [-0.39, 0.29) is 0 Å². The third-order valence-corrected chi connectivity index (χ3v) is 1.67. The molecule has 0 spiro atoms. The molecule has 90 valence electrons. The van der Waals surface area contributed by atoms with Crippen molar-refractivity contribution in [1.82, 2.24) is 5.06 Å². The fraction of sp³-hybridized carbons (Fsp3) is 0.222. The van der Waals surface area contributed by atoms with E-state index in [0.717, 1.165) is 16.9 Å². The van der Waals surface area contributed by atoms with Gasteiger partial charge < -0.3 is 0 Å². The van der Waals surface area contributed by atoms with Crippen molar-refractivity contribution in [2.24, 2.45) is 0 Å². The first kappa shape index (κ1) is 14.7. The van der Waals surface area contributed by atoms with Gasteiger partial charge in [-0.15, -0.1) is 0 Å². The fourth-order valence-corrected chi connectivity index (χ4v) is 1.10. The number of carbonyl (C=O) groups is 1. The number of hydrogen-bond acceptors (Lipinski definition) is 5. The average molecular weight is 247 g/mol. The molecule has 0 amide bonds. The molecule has 0 unspecified atom stereocenters. The van der Waals surface area contributed by atoms with Crippen molar-refractivity contribution >= 4 is 16.7 Å². The highest BCUT2D eigenvalue weighted by molar-refractivity contribution is 7.80. The lowest BCUT2D eigenvalue weighted by molar-refractivity contribution is -0.00763. The van der Waals surface area contributed by atoms with Gasteiger partial charge in [0, 0.05) is 19.7 Å². The summed E-state index contributed by atoms with van der Waals surface area (Å²) in [6.07, 6.45) is 0.833. The van der Waals surface area contributed by atoms with Gasteiger partial charge in [-0.2, -0.15) is 17.8 Å². The van der Waals surface area contributed by atoms with Crippen LogP contribution in [0.3, 0.4) is 0 Å². The lowest BCUT2D eigenvalue weighted by Gasteiger charge is -2.03. The zero-order chi connectivity index (χ0) is 12.6. The molecule has 16 heavy (non-hydrogen) atoms. The third-order valence-electron chi connectivity index (χ3n) is 1.18. The predicted octanol–water partition coefficient (Wildman–Crippen LogP) is 0.782. The summed E-state index contributed by atoms with van der Waals surface area (Å²) < 4.78 is 31.2. The highest BCUT2D eigenvalue weighted by Gasteiger charge is 2.04. The van der Waals surface area contributed by atoms with Gasteiger partial charge in [0.2, 0.25) is 0 Å². The lowest BCUT2D eigenvalue weighted by Crippen LogP contribution is -2.17. The molecule has 0 bridgehead atoms. The molecule has 6 nitrogen and oxygen atoms in total. The summed E-state index contributed by atoms with van der Waals surface area (Å²) in [7, 11) is -1.62. The molecule has 0 atom stereocenters. The summed E-state index contributed by atoms with van der Waals surface area (Å²) >= 11 is 0. The van der Waals surface area contributed by atoms with Gasteiger partial charge in [-0.3, -0.25) is 9.35 Å². The van der Waals surface area contributed by atoms with Crippen molar-refractivity contribution in [3.05, 3.63) is 35.9 Å². The topological polar surface area (TPSA) is 83.9 Å². The zero-order valence-corrected chi connectivity index (χ0v) is 9.72. The Labute approximate surface area is 94.4 Å². The van der Waals surface area contributed by atoms with E-state index >= 15 is 0 Å². The van der Waals surface area contributed by atoms with Crippen molar-refractivity contribution in [2.45, 2.75) is 0 Å². The normalized spacial score (nSPS) is 10.5. The number of aldehydes is 1. The fourth-order valence-electron chi connectivity index (χ4n) is 0.720. The first-order chi connectivity index (χ1) is 7.35. The Morgan fingerprint density at radius 3 is 1.94 bits per heavy atom. The van der Waals surface area contributed by atoms with E-state index in [2.05, 4.69) is 4.28 Å². The Bertz CT molecular complexity index is 401. The molecular weight excluding hydrogens is 234 g/mol. The Morgan fingerprint density at radius 1 is 1.25 bits per heavy atom. The molecule has 1 aromatic carbocycles. The van der Waals surface area contributed by atoms with Crippen LogP contribution < -0.4 is 0 Å². The summed E-state index contributed by atoms with van der Waals surface area (Å²) in [6, 6.07) is 9.10. The van der Waals surface area contributed by atoms with Crippen LogP contribution >= 0.6 is 0 Å². The van der Waals surface area contributed by atoms with Gasteiger partial charge in [-0.25, -0.2) is 0 Å². The Kier molecular flexibility index (Phi) is 6.50. The van der Waals surface area contributed by atoms with Crippen LogP contribution in [0.4, 0.5) is 0 Å². The van der Waals surface area contributed by atoms with Crippen molar-refractivity contribution in [1.29, 1.82) is 0 Å². The minimum atomic E-state index is -4.30. The van der Waals surface area contributed by atoms with E-state index in [9.17, 15) is 13.2 Å². The number of benzene rings is 1. The van der Waals surface area contributed by atoms with Gasteiger partial charge in [0.25, 0.3) is 0 Å². The largest absolute Gasteiger partial charge is 0.413 e. The van der Waals surface area contributed by atoms with Gasteiger partial charge in [0.05, 0.1) is 0 Å². The molecule has 0 radical (unpaired) electrons. The van der Waals surface area contributed by atoms with Gasteiger partial charge in [-0.05, 0) is 0 Å². The number of hydroxylamine groups is 2. The molecule has 0 aliphatic rings. The van der Waals surface area contributed by atoms with E-state index in [1.807, 2.05) is 18.2 Å². The third kappa shape index (κ3) is 9.28. The van der Waals surface area contributed by atoms with E-state index in [0.29, 0.717) is 0 Å². The first-order valence-electron chi connectivity index (χ1n) is 4.19. The molecule has 0 saturated carbocycles. The summed E-state index contributed by atoms with van der Waals surface area (Å²) in [6.45, 7) is 0. The molecule has 0 heterocycles. The number of rotatable bonds is 3. The van der Waals surface area contributed by atoms with Crippen LogP contribution in [0.2, 0.25) is 0 Å². The molecule has 7 heteroatoms. The molecule has 0 aliphatic carbocycles. The minimum absolute atomic E-state index is 0.729. The van der Waals surface area contributed by atoms with Crippen molar-refractivity contribution in [2.75, 3.05) is 14.1 Å². The molecule has 1 N–H and O–H groups in total. The van der Waals surface area contributed by atoms with Gasteiger partial charge in [0.1, 0.15) is 6.29 Å². The van der Waals surface area contributed by atoms with Crippen molar-refractivity contribution < 1.29 is 22.0 Å². The Morgan fingerprint density at radius 2 is 1.75 bits per heavy atom. The van der Waals surface area contributed by atoms with E-state index < -0.39 is 10.4 Å². The number of hydrogen-bond donors (Lipinski definition) is 1. The van der Waals surface area contributed by atoms with Crippen LogP contribution in [0.1, 0.15) is 10.4 Å². The summed E-state index contributed by atoms with van der Waals surface area (Å²) in [4.78, 5) is 10.0. The van der Waals surface area contributed by atoms with Gasteiger partial charge in [0.15, 0.2) is 0 Å². The second-order valence-electron chi connectivity index (χ2n) is 2.84. The van der Waals surface area contributed by atoms with Crippen molar-refractivity contribution in [3.63, 3.8) is 0 Å². The maximum Gasteiger partial charge on any atom is 0.413 e. The lowest BCUT2D eigenvalue weighted by atomic mass is 10.2. The van der Waals surface area contributed by atoms with Crippen LogP contribution in [-0.2, 0) is 14.7 Å². The average Bonchev–Trinajstić information content (AvgIpc) is 2.16. The van der Waals surface area contributed by atoms with Crippen LogP contribution in [0.5, 0.6) is 0 Å².